The second kappa shape index (κ2) is 9.04. The summed E-state index contributed by atoms with van der Waals surface area (Å²) in [5.74, 6) is 0. The lowest BCUT2D eigenvalue weighted by molar-refractivity contribution is 0.475. The highest BCUT2D eigenvalue weighted by molar-refractivity contribution is 7.85. The summed E-state index contributed by atoms with van der Waals surface area (Å²) in [6, 6.07) is 5.32. The number of rotatable bonds is 4. The molecule has 0 amide bonds. The van der Waals surface area contributed by atoms with Crippen LogP contribution in [0, 0.1) is 11.3 Å². The Hall–Kier alpha value is -0.950. The predicted octanol–water partition coefficient (Wildman–Crippen LogP) is 5.81. The van der Waals surface area contributed by atoms with E-state index in [9.17, 15) is 18.2 Å². The Labute approximate surface area is 176 Å². The van der Waals surface area contributed by atoms with Gasteiger partial charge in [0, 0.05) is 0 Å². The molecule has 0 spiro atoms. The molecule has 3 aliphatic carbocycles. The first-order chi connectivity index (χ1) is 14.0. The minimum absolute atomic E-state index is 0.0374. The lowest BCUT2D eigenvalue weighted by atomic mass is 9.90. The van der Waals surface area contributed by atoms with Gasteiger partial charge in [0.1, 0.15) is 0 Å². The molecular weight excluding hydrogens is 401 g/mol. The third-order valence-electron chi connectivity index (χ3n) is 7.31. The van der Waals surface area contributed by atoms with Crippen LogP contribution in [0.15, 0.2) is 17.0 Å². The summed E-state index contributed by atoms with van der Waals surface area (Å²) < 4.78 is 33.6. The maximum atomic E-state index is 11.9. The first-order valence-corrected chi connectivity index (χ1v) is 14.3. The minimum atomic E-state index is -4.30. The molecule has 3 aliphatic rings. The van der Waals surface area contributed by atoms with Gasteiger partial charge in [0.25, 0.3) is 10.1 Å². The minimum Gasteiger partial charge on any atom is -0.282 e. The summed E-state index contributed by atoms with van der Waals surface area (Å²) in [5.41, 5.74) is 4.46. The van der Waals surface area contributed by atoms with Crippen molar-refractivity contribution in [2.45, 2.75) is 105 Å². The summed E-state index contributed by atoms with van der Waals surface area (Å²) in [4.78, 5) is -0.0374. The van der Waals surface area contributed by atoms with Gasteiger partial charge in [-0.15, -0.1) is 0 Å². The Kier molecular flexibility index (Phi) is 6.64. The van der Waals surface area contributed by atoms with Gasteiger partial charge >= 0.3 is 0 Å². The van der Waals surface area contributed by atoms with E-state index in [2.05, 4.69) is 6.07 Å². The van der Waals surface area contributed by atoms with Crippen LogP contribution in [-0.4, -0.2) is 29.9 Å². The number of benzene rings is 1. The number of hydrogen-bond acceptors (Lipinski definition) is 3. The highest BCUT2D eigenvalue weighted by Crippen LogP contribution is 2.61. The van der Waals surface area contributed by atoms with Crippen molar-refractivity contribution in [1.82, 2.24) is 0 Å². The molecule has 0 aromatic heterocycles. The molecule has 1 N–H and O–H groups in total. The predicted molar refractivity (Wildman–Crippen MR) is 117 cm³/mol. The summed E-state index contributed by atoms with van der Waals surface area (Å²) >= 11 is 0. The van der Waals surface area contributed by atoms with Gasteiger partial charge in [-0.05, 0) is 85.2 Å². The lowest BCUT2D eigenvalue weighted by Gasteiger charge is -2.44. The number of hydrogen-bond donors (Lipinski definition) is 1. The van der Waals surface area contributed by atoms with Crippen LogP contribution in [0.25, 0.3) is 0 Å². The van der Waals surface area contributed by atoms with Crippen LogP contribution >= 0.6 is 7.92 Å². The molecule has 0 heterocycles. The van der Waals surface area contributed by atoms with E-state index in [-0.39, 0.29) is 12.8 Å². The Morgan fingerprint density at radius 3 is 2.00 bits per heavy atom. The first kappa shape index (κ1) is 21.3. The van der Waals surface area contributed by atoms with Crippen molar-refractivity contribution in [3.63, 3.8) is 0 Å². The molecule has 1 aromatic carbocycles. The molecule has 4 rings (SSSR count). The molecular formula is C23H32NO3PS. The zero-order chi connectivity index (χ0) is 20.4. The summed E-state index contributed by atoms with van der Waals surface area (Å²) in [5, 5.41) is 9.39. The van der Waals surface area contributed by atoms with Crippen molar-refractivity contribution in [2.24, 2.45) is 0 Å². The van der Waals surface area contributed by atoms with Crippen LogP contribution in [0.2, 0.25) is 0 Å². The van der Waals surface area contributed by atoms with E-state index < -0.39 is 10.1 Å². The van der Waals surface area contributed by atoms with Crippen LogP contribution in [-0.2, 0) is 23.0 Å². The third-order valence-corrected chi connectivity index (χ3v) is 12.2. The first-order valence-electron chi connectivity index (χ1n) is 11.3. The third kappa shape index (κ3) is 4.71. The topological polar surface area (TPSA) is 78.2 Å². The van der Waals surface area contributed by atoms with E-state index in [0.717, 1.165) is 35.3 Å². The van der Waals surface area contributed by atoms with Crippen LogP contribution in [0.4, 0.5) is 0 Å². The van der Waals surface area contributed by atoms with Crippen LogP contribution < -0.4 is 0 Å². The number of fused-ring (bicyclic) bond motifs is 1. The van der Waals surface area contributed by atoms with E-state index in [1.807, 2.05) is 6.07 Å². The SMILES string of the molecule is N#Cc1cc2c(c(S(=O)(=O)O)c1)CCC(P(C1CCCCC1)C1CCCCC1)C2. The van der Waals surface area contributed by atoms with Gasteiger partial charge in [0.2, 0.25) is 0 Å². The van der Waals surface area contributed by atoms with E-state index in [0.29, 0.717) is 17.6 Å². The molecule has 0 saturated heterocycles. The molecule has 0 radical (unpaired) electrons. The van der Waals surface area contributed by atoms with Gasteiger partial charge < -0.3 is 0 Å². The summed E-state index contributed by atoms with van der Waals surface area (Å²) in [7, 11) is -4.39. The van der Waals surface area contributed by atoms with E-state index in [1.54, 1.807) is 0 Å². The molecule has 4 nitrogen and oxygen atoms in total. The largest absolute Gasteiger partial charge is 0.294 e. The average Bonchev–Trinajstić information content (AvgIpc) is 2.74. The lowest BCUT2D eigenvalue weighted by Crippen LogP contribution is -2.30. The molecule has 158 valence electrons. The van der Waals surface area contributed by atoms with Crippen molar-refractivity contribution in [3.8, 4) is 6.07 Å². The van der Waals surface area contributed by atoms with Crippen molar-refractivity contribution < 1.29 is 13.0 Å². The van der Waals surface area contributed by atoms with Gasteiger partial charge in [-0.2, -0.15) is 13.7 Å². The second-order valence-electron chi connectivity index (χ2n) is 9.13. The Bertz CT molecular complexity index is 862. The van der Waals surface area contributed by atoms with Gasteiger partial charge in [-0.3, -0.25) is 4.55 Å². The zero-order valence-corrected chi connectivity index (χ0v) is 18.9. The highest BCUT2D eigenvalue weighted by Gasteiger charge is 2.38. The Morgan fingerprint density at radius 1 is 0.897 bits per heavy atom. The van der Waals surface area contributed by atoms with Gasteiger partial charge in [0.05, 0.1) is 16.5 Å². The van der Waals surface area contributed by atoms with E-state index in [1.165, 1.54) is 70.3 Å². The molecule has 2 fully saturated rings. The zero-order valence-electron chi connectivity index (χ0n) is 17.1. The summed E-state index contributed by atoms with van der Waals surface area (Å²) in [6.07, 6.45) is 16.3. The Morgan fingerprint density at radius 2 is 1.48 bits per heavy atom. The molecule has 0 bridgehead atoms. The molecule has 1 aromatic rings. The average molecular weight is 434 g/mol. The van der Waals surface area contributed by atoms with Crippen LogP contribution in [0.1, 0.15) is 87.3 Å². The Balaban J connectivity index is 1.66. The number of nitriles is 1. The quantitative estimate of drug-likeness (QED) is 0.480. The van der Waals surface area contributed by atoms with Gasteiger partial charge in [0.15, 0.2) is 0 Å². The standard InChI is InChI=1S/C23H32NO3PS/c24-16-17-13-18-15-21(11-12-22(18)23(14-17)29(25,26)27)28(19-7-3-1-4-8-19)20-9-5-2-6-10-20/h13-14,19-21H,1-12,15H2,(H,25,26,27). The molecule has 29 heavy (non-hydrogen) atoms. The maximum absolute atomic E-state index is 11.9. The fraction of sp³-hybridized carbons (Fsp3) is 0.696. The molecule has 1 unspecified atom stereocenters. The molecule has 0 aliphatic heterocycles. The molecule has 6 heteroatoms. The van der Waals surface area contributed by atoms with Crippen molar-refractivity contribution >= 4 is 18.0 Å². The van der Waals surface area contributed by atoms with Crippen molar-refractivity contribution in [2.75, 3.05) is 0 Å². The van der Waals surface area contributed by atoms with Crippen molar-refractivity contribution in [3.05, 3.63) is 28.8 Å². The summed E-state index contributed by atoms with van der Waals surface area (Å²) in [6.45, 7) is 0. The van der Waals surface area contributed by atoms with E-state index >= 15 is 0 Å². The monoisotopic (exact) mass is 433 g/mol. The van der Waals surface area contributed by atoms with Gasteiger partial charge in [-0.1, -0.05) is 46.4 Å². The fourth-order valence-corrected chi connectivity index (χ4v) is 11.4. The van der Waals surface area contributed by atoms with Crippen molar-refractivity contribution in [1.29, 1.82) is 5.26 Å². The van der Waals surface area contributed by atoms with Crippen LogP contribution in [0.5, 0.6) is 0 Å². The molecule has 1 atom stereocenters. The number of nitrogens with zero attached hydrogens (tertiary/aromatic N) is 1. The van der Waals surface area contributed by atoms with Gasteiger partial charge in [-0.25, -0.2) is 0 Å². The smallest absolute Gasteiger partial charge is 0.282 e. The normalized spacial score (nSPS) is 24.2. The van der Waals surface area contributed by atoms with E-state index in [4.69, 9.17) is 0 Å². The maximum Gasteiger partial charge on any atom is 0.294 e. The second-order valence-corrected chi connectivity index (χ2v) is 13.6. The fourth-order valence-electron chi connectivity index (χ4n) is 6.04. The van der Waals surface area contributed by atoms with Crippen LogP contribution in [0.3, 0.4) is 0 Å². The highest BCUT2D eigenvalue weighted by atomic mass is 32.2. The molecule has 2 saturated carbocycles.